The molecule has 34 heavy (non-hydrogen) atoms. The summed E-state index contributed by atoms with van der Waals surface area (Å²) >= 11 is 0. The summed E-state index contributed by atoms with van der Waals surface area (Å²) in [6, 6.07) is 25.3. The van der Waals surface area contributed by atoms with E-state index in [1.54, 1.807) is 5.56 Å². The molecule has 2 bridgehead atoms. The van der Waals surface area contributed by atoms with Crippen LogP contribution in [0.3, 0.4) is 0 Å². The minimum atomic E-state index is 0.764. The van der Waals surface area contributed by atoms with E-state index in [4.69, 9.17) is 0 Å². The maximum atomic E-state index is 2.53. The molecule has 3 fully saturated rings. The van der Waals surface area contributed by atoms with Gasteiger partial charge in [0.1, 0.15) is 7.05 Å². The highest BCUT2D eigenvalue weighted by Gasteiger charge is 2.36. The van der Waals surface area contributed by atoms with E-state index in [0.29, 0.717) is 0 Å². The van der Waals surface area contributed by atoms with Gasteiger partial charge in [-0.1, -0.05) is 61.4 Å². The third kappa shape index (κ3) is 3.57. The van der Waals surface area contributed by atoms with Crippen LogP contribution in [0.2, 0.25) is 0 Å². The minimum absolute atomic E-state index is 0.764. The van der Waals surface area contributed by atoms with E-state index in [1.165, 1.54) is 82.1 Å². The average Bonchev–Trinajstić information content (AvgIpc) is 2.88. The maximum absolute atomic E-state index is 2.53. The Kier molecular flexibility index (Phi) is 5.32. The lowest BCUT2D eigenvalue weighted by Gasteiger charge is -2.42. The number of benzene rings is 3. The number of hydrogen-bond acceptors (Lipinski definition) is 0. The van der Waals surface area contributed by atoms with Crippen molar-refractivity contribution < 1.29 is 4.57 Å². The summed E-state index contributed by atoms with van der Waals surface area (Å²) in [6.45, 7) is 6.78. The van der Waals surface area contributed by atoms with E-state index in [2.05, 4.69) is 99.1 Å². The number of aryl methyl sites for hydroxylation is 2. The first-order valence-corrected chi connectivity index (χ1v) is 13.1. The molecule has 1 heterocycles. The predicted octanol–water partition coefficient (Wildman–Crippen LogP) is 8.22. The van der Waals surface area contributed by atoms with Gasteiger partial charge in [0.25, 0.3) is 0 Å². The second-order valence-corrected chi connectivity index (χ2v) is 11.0. The lowest BCUT2D eigenvalue weighted by Crippen LogP contribution is -2.35. The lowest BCUT2D eigenvalue weighted by molar-refractivity contribution is -0.665. The van der Waals surface area contributed by atoms with Gasteiger partial charge in [-0.25, -0.2) is 0 Å². The molecule has 3 saturated carbocycles. The third-order valence-corrected chi connectivity index (χ3v) is 9.07. The molecule has 3 aliphatic carbocycles. The van der Waals surface area contributed by atoms with Crippen molar-refractivity contribution >= 4 is 10.8 Å². The van der Waals surface area contributed by atoms with Crippen LogP contribution in [0, 0.1) is 32.6 Å². The van der Waals surface area contributed by atoms with Gasteiger partial charge in [0, 0.05) is 13.0 Å². The number of aromatic nitrogens is 1. The Labute approximate surface area is 204 Å². The quantitative estimate of drug-likeness (QED) is 0.279. The SMILES string of the molecule is Cc1cc(-c2ccccc2)cc(-c2c3ccc(C4CC5CCC4CC5)cc3cc(C)[n+]2C)c1C. The van der Waals surface area contributed by atoms with E-state index < -0.39 is 0 Å². The molecule has 0 spiro atoms. The summed E-state index contributed by atoms with van der Waals surface area (Å²) in [5.74, 6) is 2.62. The van der Waals surface area contributed by atoms with E-state index >= 15 is 0 Å². The Morgan fingerprint density at radius 3 is 2.24 bits per heavy atom. The van der Waals surface area contributed by atoms with Gasteiger partial charge in [-0.2, -0.15) is 4.57 Å². The van der Waals surface area contributed by atoms with Crippen molar-refractivity contribution in [3.05, 3.63) is 89.1 Å². The molecular weight excluding hydrogens is 410 g/mol. The third-order valence-electron chi connectivity index (χ3n) is 9.07. The molecule has 3 aromatic carbocycles. The zero-order chi connectivity index (χ0) is 23.4. The Morgan fingerprint density at radius 1 is 0.765 bits per heavy atom. The van der Waals surface area contributed by atoms with E-state index in [9.17, 15) is 0 Å². The minimum Gasteiger partial charge on any atom is -0.198 e. The molecule has 1 aromatic heterocycles. The first kappa shape index (κ1) is 21.6. The summed E-state index contributed by atoms with van der Waals surface area (Å²) in [5.41, 5.74) is 10.9. The monoisotopic (exact) mass is 446 g/mol. The molecule has 3 aliphatic rings. The van der Waals surface area contributed by atoms with Crippen molar-refractivity contribution in [3.8, 4) is 22.4 Å². The molecule has 0 aliphatic heterocycles. The van der Waals surface area contributed by atoms with Crippen LogP contribution in [0.5, 0.6) is 0 Å². The van der Waals surface area contributed by atoms with Crippen LogP contribution in [-0.4, -0.2) is 0 Å². The Balaban J connectivity index is 1.52. The van der Waals surface area contributed by atoms with Crippen LogP contribution >= 0.6 is 0 Å². The number of rotatable bonds is 3. The van der Waals surface area contributed by atoms with Crippen molar-refractivity contribution in [2.45, 2.75) is 58.8 Å². The number of hydrogen-bond donors (Lipinski definition) is 0. The molecule has 1 atom stereocenters. The van der Waals surface area contributed by atoms with Gasteiger partial charge in [-0.3, -0.25) is 0 Å². The van der Waals surface area contributed by atoms with Gasteiger partial charge in [0.2, 0.25) is 5.69 Å². The molecule has 0 radical (unpaired) electrons. The van der Waals surface area contributed by atoms with Gasteiger partial charge in [0.15, 0.2) is 5.69 Å². The average molecular weight is 447 g/mol. The topological polar surface area (TPSA) is 3.88 Å². The summed E-state index contributed by atoms with van der Waals surface area (Å²) < 4.78 is 2.39. The summed E-state index contributed by atoms with van der Waals surface area (Å²) in [7, 11) is 2.22. The highest BCUT2D eigenvalue weighted by atomic mass is 14.9. The molecule has 1 heteroatoms. The molecule has 0 saturated heterocycles. The summed E-state index contributed by atoms with van der Waals surface area (Å²) in [4.78, 5) is 0. The molecule has 4 aromatic rings. The molecule has 172 valence electrons. The highest BCUT2D eigenvalue weighted by molar-refractivity contribution is 5.95. The second kappa shape index (κ2) is 8.38. The Hall–Kier alpha value is -2.93. The van der Waals surface area contributed by atoms with E-state index in [0.717, 1.165) is 17.8 Å². The molecule has 0 amide bonds. The fourth-order valence-electron chi connectivity index (χ4n) is 6.84. The van der Waals surface area contributed by atoms with Crippen molar-refractivity contribution in [1.82, 2.24) is 0 Å². The molecule has 1 nitrogen and oxygen atoms in total. The van der Waals surface area contributed by atoms with Crippen LogP contribution in [0.1, 0.15) is 60.4 Å². The first-order chi connectivity index (χ1) is 16.5. The van der Waals surface area contributed by atoms with Crippen LogP contribution in [-0.2, 0) is 7.05 Å². The van der Waals surface area contributed by atoms with Gasteiger partial charge in [-0.05, 0) is 96.2 Å². The standard InChI is InChI=1S/C33H36N/c1-21-16-28(25-8-6-5-7-9-25)20-31(23(21)3)33-30-15-14-27(19-29(30)17-22(2)34(33)4)32-18-24-10-12-26(32)13-11-24/h5-9,14-17,19-20,24,26,32H,10-13,18H2,1-4H3/q+1. The largest absolute Gasteiger partial charge is 0.220 e. The van der Waals surface area contributed by atoms with E-state index in [-0.39, 0.29) is 0 Å². The van der Waals surface area contributed by atoms with Crippen molar-refractivity contribution in [3.63, 3.8) is 0 Å². The van der Waals surface area contributed by atoms with Crippen molar-refractivity contribution in [2.24, 2.45) is 18.9 Å². The van der Waals surface area contributed by atoms with Crippen LogP contribution < -0.4 is 4.57 Å². The van der Waals surface area contributed by atoms with Gasteiger partial charge in [-0.15, -0.1) is 0 Å². The van der Waals surface area contributed by atoms with Crippen LogP contribution in [0.4, 0.5) is 0 Å². The van der Waals surface area contributed by atoms with E-state index in [1.807, 2.05) is 0 Å². The maximum Gasteiger partial charge on any atom is 0.220 e. The van der Waals surface area contributed by atoms with Gasteiger partial charge >= 0.3 is 0 Å². The lowest BCUT2D eigenvalue weighted by atomic mass is 9.63. The van der Waals surface area contributed by atoms with Crippen molar-refractivity contribution in [2.75, 3.05) is 0 Å². The Morgan fingerprint density at radius 2 is 1.53 bits per heavy atom. The molecule has 0 N–H and O–H groups in total. The first-order valence-electron chi connectivity index (χ1n) is 13.1. The number of nitrogens with zero attached hydrogens (tertiary/aromatic N) is 1. The smallest absolute Gasteiger partial charge is 0.198 e. The normalized spacial score (nSPS) is 21.8. The van der Waals surface area contributed by atoms with Crippen LogP contribution in [0.15, 0.2) is 66.7 Å². The zero-order valence-corrected chi connectivity index (χ0v) is 21.1. The fraction of sp³-hybridized carbons (Fsp3) is 0.364. The van der Waals surface area contributed by atoms with Crippen molar-refractivity contribution in [1.29, 1.82) is 0 Å². The zero-order valence-electron chi connectivity index (χ0n) is 21.1. The highest BCUT2D eigenvalue weighted by Crippen LogP contribution is 2.50. The Bertz CT molecular complexity index is 1370. The molecule has 1 unspecified atom stereocenters. The molecule has 7 rings (SSSR count). The number of fused-ring (bicyclic) bond motifs is 4. The fourth-order valence-corrected chi connectivity index (χ4v) is 6.84. The summed E-state index contributed by atoms with van der Waals surface area (Å²) in [6.07, 6.45) is 7.20. The van der Waals surface area contributed by atoms with Gasteiger partial charge in [0.05, 0.1) is 10.9 Å². The molecular formula is C33H36N+. The summed E-state index contributed by atoms with van der Waals surface area (Å²) in [5, 5.41) is 2.76. The number of pyridine rings is 1. The predicted molar refractivity (Wildman–Crippen MR) is 143 cm³/mol. The second-order valence-electron chi connectivity index (χ2n) is 11.0. The van der Waals surface area contributed by atoms with Gasteiger partial charge < -0.3 is 0 Å². The van der Waals surface area contributed by atoms with Crippen LogP contribution in [0.25, 0.3) is 33.2 Å².